The Labute approximate surface area is 193 Å². The average Bonchev–Trinajstić information content (AvgIpc) is 2.73. The van der Waals surface area contributed by atoms with E-state index in [4.69, 9.17) is 4.74 Å². The first-order valence-electron chi connectivity index (χ1n) is 12.8. The van der Waals surface area contributed by atoms with E-state index in [1.807, 2.05) is 17.0 Å². The highest BCUT2D eigenvalue weighted by atomic mass is 16.5. The van der Waals surface area contributed by atoms with E-state index >= 15 is 0 Å². The van der Waals surface area contributed by atoms with Crippen LogP contribution >= 0.6 is 0 Å². The van der Waals surface area contributed by atoms with Crippen LogP contribution in [0, 0.1) is 17.3 Å². The van der Waals surface area contributed by atoms with Gasteiger partial charge in [-0.1, -0.05) is 44.9 Å². The zero-order chi connectivity index (χ0) is 22.6. The van der Waals surface area contributed by atoms with Crippen molar-refractivity contribution in [3.05, 3.63) is 29.8 Å². The Hall–Kier alpha value is -2.04. The number of carbonyl (C=O) groups excluding carboxylic acids is 2. The summed E-state index contributed by atoms with van der Waals surface area (Å²) in [6.45, 7) is 6.32. The lowest BCUT2D eigenvalue weighted by Gasteiger charge is -2.43. The third-order valence-electron chi connectivity index (χ3n) is 7.82. The Balaban J connectivity index is 1.48. The Morgan fingerprint density at radius 1 is 1.12 bits per heavy atom. The molecule has 2 heterocycles. The molecule has 2 aliphatic heterocycles. The second-order valence-electron chi connectivity index (χ2n) is 10.7. The van der Waals surface area contributed by atoms with Crippen LogP contribution in [0.25, 0.3) is 0 Å². The van der Waals surface area contributed by atoms with Crippen molar-refractivity contribution in [1.29, 1.82) is 0 Å². The number of ether oxygens (including phenoxy) is 1. The van der Waals surface area contributed by atoms with Gasteiger partial charge in [-0.15, -0.1) is 0 Å². The summed E-state index contributed by atoms with van der Waals surface area (Å²) in [5.41, 5.74) is 0.905. The van der Waals surface area contributed by atoms with Crippen molar-refractivity contribution < 1.29 is 14.3 Å². The fourth-order valence-electron chi connectivity index (χ4n) is 5.56. The van der Waals surface area contributed by atoms with Gasteiger partial charge in [0.15, 0.2) is 0 Å². The fourth-order valence-corrected chi connectivity index (χ4v) is 5.56. The largest absolute Gasteiger partial charge is 0.491 e. The number of nitrogens with zero attached hydrogens (tertiary/aromatic N) is 1. The summed E-state index contributed by atoms with van der Waals surface area (Å²) >= 11 is 0. The molecule has 3 aliphatic rings. The predicted octanol–water partition coefficient (Wildman–Crippen LogP) is 4.73. The lowest BCUT2D eigenvalue weighted by molar-refractivity contribution is -0.145. The summed E-state index contributed by atoms with van der Waals surface area (Å²) in [6.07, 6.45) is 9.68. The molecule has 1 saturated heterocycles. The maximum absolute atomic E-state index is 13.7. The molecule has 1 atom stereocenters. The summed E-state index contributed by atoms with van der Waals surface area (Å²) in [7, 11) is 0. The van der Waals surface area contributed by atoms with Crippen LogP contribution in [0.15, 0.2) is 24.3 Å². The van der Waals surface area contributed by atoms with Crippen molar-refractivity contribution in [1.82, 2.24) is 10.2 Å². The molecule has 0 aromatic heterocycles. The van der Waals surface area contributed by atoms with Crippen LogP contribution in [0.2, 0.25) is 0 Å². The molecule has 5 heteroatoms. The molecule has 1 N–H and O–H groups in total. The van der Waals surface area contributed by atoms with Crippen LogP contribution in [-0.2, 0) is 16.0 Å². The standard InChI is InChI=1S/C27H40N2O3/c1-20(2)18-23-19-32-24-12-4-3-8-21(24)9-5-6-13-27(26(31)28-23)14-16-29(17-15-27)25(30)22-10-7-11-22/h3-4,8,12,20,22-23H,5-7,9-11,13-19H2,1-2H3,(H,28,31)/t23-/m0/s1. The summed E-state index contributed by atoms with van der Waals surface area (Å²) in [5, 5.41) is 3.38. The van der Waals surface area contributed by atoms with Crippen LogP contribution < -0.4 is 10.1 Å². The number of para-hydroxylation sites is 1. The van der Waals surface area contributed by atoms with Gasteiger partial charge in [-0.25, -0.2) is 0 Å². The number of rotatable bonds is 3. The van der Waals surface area contributed by atoms with Crippen LogP contribution in [-0.4, -0.2) is 42.5 Å². The molecule has 176 valence electrons. The van der Waals surface area contributed by atoms with Gasteiger partial charge in [0.25, 0.3) is 0 Å². The molecule has 1 aliphatic carbocycles. The van der Waals surface area contributed by atoms with Crippen LogP contribution in [0.1, 0.15) is 77.2 Å². The minimum Gasteiger partial charge on any atom is -0.491 e. The molecule has 32 heavy (non-hydrogen) atoms. The molecule has 1 spiro atoms. The highest BCUT2D eigenvalue weighted by Gasteiger charge is 2.43. The van der Waals surface area contributed by atoms with Crippen molar-refractivity contribution in [2.24, 2.45) is 17.3 Å². The number of fused-ring (bicyclic) bond motifs is 1. The number of benzene rings is 1. The minimum absolute atomic E-state index is 0.00138. The fraction of sp³-hybridized carbons (Fsp3) is 0.704. The number of piperidine rings is 1. The molecular formula is C27H40N2O3. The van der Waals surface area contributed by atoms with Crippen LogP contribution in [0.4, 0.5) is 0 Å². The zero-order valence-corrected chi connectivity index (χ0v) is 19.9. The summed E-state index contributed by atoms with van der Waals surface area (Å²) < 4.78 is 6.22. The van der Waals surface area contributed by atoms with E-state index in [1.54, 1.807) is 0 Å². The molecule has 1 saturated carbocycles. The van der Waals surface area contributed by atoms with Gasteiger partial charge >= 0.3 is 0 Å². The molecule has 1 aromatic rings. The van der Waals surface area contributed by atoms with Crippen molar-refractivity contribution in [2.75, 3.05) is 19.7 Å². The third kappa shape index (κ3) is 5.29. The van der Waals surface area contributed by atoms with Crippen molar-refractivity contribution in [3.8, 4) is 5.75 Å². The number of aryl methyl sites for hydroxylation is 1. The normalized spacial score (nSPS) is 24.5. The van der Waals surface area contributed by atoms with Crippen molar-refractivity contribution in [2.45, 2.75) is 84.1 Å². The highest BCUT2D eigenvalue weighted by molar-refractivity contribution is 5.84. The van der Waals surface area contributed by atoms with E-state index in [0.717, 1.165) is 76.6 Å². The second kappa shape index (κ2) is 10.3. The summed E-state index contributed by atoms with van der Waals surface area (Å²) in [6, 6.07) is 8.32. The zero-order valence-electron chi connectivity index (χ0n) is 19.9. The quantitative estimate of drug-likeness (QED) is 0.739. The molecule has 0 bridgehead atoms. The van der Waals surface area contributed by atoms with Crippen LogP contribution in [0.5, 0.6) is 5.75 Å². The Kier molecular flexibility index (Phi) is 7.42. The van der Waals surface area contributed by atoms with Gasteiger partial charge in [0.05, 0.1) is 11.5 Å². The van der Waals surface area contributed by atoms with Crippen LogP contribution in [0.3, 0.4) is 0 Å². The van der Waals surface area contributed by atoms with Crippen molar-refractivity contribution >= 4 is 11.8 Å². The molecule has 4 rings (SSSR count). The molecular weight excluding hydrogens is 400 g/mol. The lowest BCUT2D eigenvalue weighted by Crippen LogP contribution is -2.54. The monoisotopic (exact) mass is 440 g/mol. The van der Waals surface area contributed by atoms with E-state index in [1.165, 1.54) is 12.0 Å². The number of nitrogens with one attached hydrogen (secondary N) is 1. The summed E-state index contributed by atoms with van der Waals surface area (Å²) in [4.78, 5) is 28.4. The van der Waals surface area contributed by atoms with Gasteiger partial charge < -0.3 is 15.0 Å². The first kappa shape index (κ1) is 23.1. The van der Waals surface area contributed by atoms with Gasteiger partial charge in [0.2, 0.25) is 11.8 Å². The van der Waals surface area contributed by atoms with E-state index < -0.39 is 0 Å². The average molecular weight is 441 g/mol. The number of hydrogen-bond donors (Lipinski definition) is 1. The topological polar surface area (TPSA) is 58.6 Å². The highest BCUT2D eigenvalue weighted by Crippen LogP contribution is 2.39. The number of carbonyl (C=O) groups is 2. The molecule has 2 amide bonds. The second-order valence-corrected chi connectivity index (χ2v) is 10.7. The Bertz CT molecular complexity index is 794. The minimum atomic E-state index is -0.357. The number of likely N-dealkylation sites (tertiary alicyclic amines) is 1. The Morgan fingerprint density at radius 3 is 2.56 bits per heavy atom. The molecule has 0 radical (unpaired) electrons. The number of hydrogen-bond acceptors (Lipinski definition) is 3. The Morgan fingerprint density at radius 2 is 1.88 bits per heavy atom. The smallest absolute Gasteiger partial charge is 0.226 e. The van der Waals surface area contributed by atoms with E-state index in [-0.39, 0.29) is 23.3 Å². The van der Waals surface area contributed by atoms with Gasteiger partial charge in [-0.2, -0.15) is 0 Å². The van der Waals surface area contributed by atoms with Gasteiger partial charge in [0, 0.05) is 19.0 Å². The molecule has 1 aromatic carbocycles. The first-order chi connectivity index (χ1) is 15.5. The predicted molar refractivity (Wildman–Crippen MR) is 126 cm³/mol. The maximum Gasteiger partial charge on any atom is 0.226 e. The third-order valence-corrected chi connectivity index (χ3v) is 7.82. The summed E-state index contributed by atoms with van der Waals surface area (Å²) in [5.74, 6) is 2.17. The van der Waals surface area contributed by atoms with Gasteiger partial charge in [-0.3, -0.25) is 9.59 Å². The van der Waals surface area contributed by atoms with E-state index in [0.29, 0.717) is 18.4 Å². The first-order valence-corrected chi connectivity index (χ1v) is 12.8. The molecule has 5 nitrogen and oxygen atoms in total. The molecule has 0 unspecified atom stereocenters. The van der Waals surface area contributed by atoms with Gasteiger partial charge in [-0.05, 0) is 68.9 Å². The van der Waals surface area contributed by atoms with Gasteiger partial charge in [0.1, 0.15) is 12.4 Å². The molecule has 2 fully saturated rings. The van der Waals surface area contributed by atoms with E-state index in [2.05, 4.69) is 31.3 Å². The van der Waals surface area contributed by atoms with Crippen molar-refractivity contribution in [3.63, 3.8) is 0 Å². The van der Waals surface area contributed by atoms with E-state index in [9.17, 15) is 9.59 Å². The SMILES string of the molecule is CC(C)C[C@H]1COc2ccccc2CCCCC2(CCN(C(=O)C3CCC3)CC2)C(=O)N1. The number of amides is 2. The lowest BCUT2D eigenvalue weighted by atomic mass is 9.72. The maximum atomic E-state index is 13.7.